The van der Waals surface area contributed by atoms with E-state index < -0.39 is 10.0 Å². The number of nitrogen functional groups attached to an aromatic ring is 1. The summed E-state index contributed by atoms with van der Waals surface area (Å²) in [6, 6.07) is 12.1. The van der Waals surface area contributed by atoms with Crippen molar-refractivity contribution in [1.82, 2.24) is 0 Å². The fraction of sp³-hybridized carbons (Fsp3) is 0.500. The highest BCUT2D eigenvalue weighted by Crippen LogP contribution is 2.69. The molecular formula is C24H29ClN2O2S. The van der Waals surface area contributed by atoms with Gasteiger partial charge in [0.1, 0.15) is 0 Å². The maximum absolute atomic E-state index is 12.7. The van der Waals surface area contributed by atoms with E-state index in [1.165, 1.54) is 56.2 Å². The Morgan fingerprint density at radius 2 is 1.60 bits per heavy atom. The Hall–Kier alpha value is -1.72. The topological polar surface area (TPSA) is 72.2 Å². The van der Waals surface area contributed by atoms with Gasteiger partial charge >= 0.3 is 0 Å². The Bertz CT molecular complexity index is 1090. The summed E-state index contributed by atoms with van der Waals surface area (Å²) in [6.45, 7) is 4.92. The van der Waals surface area contributed by atoms with Crippen molar-refractivity contribution in [3.8, 4) is 0 Å². The van der Waals surface area contributed by atoms with Crippen LogP contribution in [0, 0.1) is 16.7 Å². The van der Waals surface area contributed by atoms with Crippen molar-refractivity contribution in [1.29, 1.82) is 0 Å². The van der Waals surface area contributed by atoms with E-state index in [1.807, 2.05) is 12.1 Å². The lowest BCUT2D eigenvalue weighted by Crippen LogP contribution is -2.56. The van der Waals surface area contributed by atoms with Gasteiger partial charge in [0.25, 0.3) is 10.0 Å². The number of sulfonamides is 1. The van der Waals surface area contributed by atoms with Crippen LogP contribution in [-0.2, 0) is 15.4 Å². The molecule has 4 aliphatic rings. The minimum Gasteiger partial charge on any atom is -0.399 e. The second-order valence-corrected chi connectivity index (χ2v) is 12.9. The molecule has 0 radical (unpaired) electrons. The van der Waals surface area contributed by atoms with Gasteiger partial charge in [-0.2, -0.15) is 0 Å². The van der Waals surface area contributed by atoms with Crippen LogP contribution in [-0.4, -0.2) is 8.42 Å². The van der Waals surface area contributed by atoms with E-state index in [9.17, 15) is 8.42 Å². The van der Waals surface area contributed by atoms with Crippen molar-refractivity contribution in [3.05, 3.63) is 53.1 Å². The van der Waals surface area contributed by atoms with Gasteiger partial charge in [0, 0.05) is 5.69 Å². The Morgan fingerprint density at radius 1 is 0.967 bits per heavy atom. The van der Waals surface area contributed by atoms with E-state index in [1.54, 1.807) is 12.1 Å². The molecular weight excluding hydrogens is 416 g/mol. The van der Waals surface area contributed by atoms with Crippen LogP contribution in [0.3, 0.4) is 0 Å². The van der Waals surface area contributed by atoms with Crippen molar-refractivity contribution in [2.24, 2.45) is 16.7 Å². The van der Waals surface area contributed by atoms with Crippen molar-refractivity contribution < 1.29 is 8.42 Å². The zero-order chi connectivity index (χ0) is 21.4. The van der Waals surface area contributed by atoms with Crippen molar-refractivity contribution >= 4 is 33.0 Å². The number of halogens is 1. The van der Waals surface area contributed by atoms with Gasteiger partial charge in [-0.15, -0.1) is 0 Å². The van der Waals surface area contributed by atoms with E-state index in [0.717, 1.165) is 5.92 Å². The van der Waals surface area contributed by atoms with Gasteiger partial charge in [-0.3, -0.25) is 4.72 Å². The summed E-state index contributed by atoms with van der Waals surface area (Å²) < 4.78 is 28.1. The van der Waals surface area contributed by atoms with Crippen LogP contribution < -0.4 is 10.5 Å². The second-order valence-electron chi connectivity index (χ2n) is 10.8. The number of rotatable bonds is 4. The summed E-state index contributed by atoms with van der Waals surface area (Å²) in [4.78, 5) is 0.166. The molecule has 4 saturated carbocycles. The molecule has 4 bridgehead atoms. The molecule has 2 unspecified atom stereocenters. The highest BCUT2D eigenvalue weighted by atomic mass is 35.5. The van der Waals surface area contributed by atoms with Crippen molar-refractivity contribution in [2.45, 2.75) is 62.7 Å². The Balaban J connectivity index is 1.45. The SMILES string of the molecule is CC12CC3CC(C)(C1)CC(c1ccc(NS(=O)(=O)c4ccc(N)cc4)c(Cl)c1)(C3)C2. The summed E-state index contributed by atoms with van der Waals surface area (Å²) in [6.07, 6.45) is 7.66. The van der Waals surface area contributed by atoms with Crippen LogP contribution in [0.5, 0.6) is 0 Å². The van der Waals surface area contributed by atoms with Gasteiger partial charge in [0.15, 0.2) is 0 Å². The molecule has 3 N–H and O–H groups in total. The molecule has 0 spiro atoms. The normalized spacial score (nSPS) is 34.8. The Kier molecular flexibility index (Phi) is 4.31. The average Bonchev–Trinajstić information content (AvgIpc) is 2.60. The number of nitrogens with one attached hydrogen (secondary N) is 1. The van der Waals surface area contributed by atoms with Gasteiger partial charge in [0.05, 0.1) is 15.6 Å². The van der Waals surface area contributed by atoms with Crippen LogP contribution >= 0.6 is 11.6 Å². The van der Waals surface area contributed by atoms with Crippen LogP contribution in [0.1, 0.15) is 57.9 Å². The molecule has 4 aliphatic carbocycles. The van der Waals surface area contributed by atoms with Crippen LogP contribution in [0.4, 0.5) is 11.4 Å². The lowest BCUT2D eigenvalue weighted by Gasteiger charge is -2.65. The molecule has 0 aromatic heterocycles. The van der Waals surface area contributed by atoms with Gasteiger partial charge in [-0.1, -0.05) is 31.5 Å². The third kappa shape index (κ3) is 3.31. The Labute approximate surface area is 184 Å². The molecule has 0 heterocycles. The summed E-state index contributed by atoms with van der Waals surface area (Å²) in [5, 5.41) is 0.456. The molecule has 30 heavy (non-hydrogen) atoms. The fourth-order valence-corrected chi connectivity index (χ4v) is 8.91. The molecule has 4 nitrogen and oxygen atoms in total. The lowest BCUT2D eigenvalue weighted by atomic mass is 9.39. The highest BCUT2D eigenvalue weighted by Gasteiger charge is 2.60. The highest BCUT2D eigenvalue weighted by molar-refractivity contribution is 7.92. The molecule has 6 heteroatoms. The quantitative estimate of drug-likeness (QED) is 0.570. The van der Waals surface area contributed by atoms with Gasteiger partial charge < -0.3 is 5.73 Å². The third-order valence-electron chi connectivity index (χ3n) is 7.64. The monoisotopic (exact) mass is 444 g/mol. The predicted octanol–water partition coefficient (Wildman–Crippen LogP) is 5.97. The maximum atomic E-state index is 12.7. The first kappa shape index (κ1) is 20.2. The van der Waals surface area contributed by atoms with Crippen molar-refractivity contribution in [3.63, 3.8) is 0 Å². The molecule has 2 atom stereocenters. The van der Waals surface area contributed by atoms with Crippen molar-refractivity contribution in [2.75, 3.05) is 10.5 Å². The predicted molar refractivity (Wildman–Crippen MR) is 122 cm³/mol. The summed E-state index contributed by atoms with van der Waals surface area (Å²) in [7, 11) is -3.72. The molecule has 2 aromatic carbocycles. The molecule has 6 rings (SSSR count). The molecule has 160 valence electrons. The summed E-state index contributed by atoms with van der Waals surface area (Å²) in [5.74, 6) is 0.790. The van der Waals surface area contributed by atoms with Crippen LogP contribution in [0.15, 0.2) is 47.4 Å². The Morgan fingerprint density at radius 3 is 2.17 bits per heavy atom. The zero-order valence-corrected chi connectivity index (χ0v) is 19.1. The smallest absolute Gasteiger partial charge is 0.261 e. The number of anilines is 2. The first-order valence-electron chi connectivity index (χ1n) is 10.7. The van der Waals surface area contributed by atoms with E-state index >= 15 is 0 Å². The van der Waals surface area contributed by atoms with E-state index in [-0.39, 0.29) is 10.3 Å². The largest absolute Gasteiger partial charge is 0.399 e. The van der Waals surface area contributed by atoms with Crippen LogP contribution in [0.2, 0.25) is 5.02 Å². The van der Waals surface area contributed by atoms with Gasteiger partial charge in [0.2, 0.25) is 0 Å². The molecule has 0 aliphatic heterocycles. The minimum atomic E-state index is -3.72. The second kappa shape index (κ2) is 6.39. The third-order valence-corrected chi connectivity index (χ3v) is 9.34. The maximum Gasteiger partial charge on any atom is 0.261 e. The zero-order valence-electron chi connectivity index (χ0n) is 17.5. The molecule has 2 aromatic rings. The number of hydrogen-bond donors (Lipinski definition) is 2. The van der Waals surface area contributed by atoms with E-state index in [2.05, 4.69) is 24.6 Å². The summed E-state index contributed by atoms with van der Waals surface area (Å²) >= 11 is 6.61. The standard InChI is InChI=1S/C24H29ClN2O2S/c1-22-10-16-11-23(2,13-22)15-24(12-16,14-22)17-3-8-21(20(25)9-17)27-30(28,29)19-6-4-18(26)5-7-19/h3-9,16,27H,10-15,26H2,1-2H3. The van der Waals surface area contributed by atoms with E-state index in [4.69, 9.17) is 17.3 Å². The number of nitrogens with two attached hydrogens (primary N) is 1. The summed E-state index contributed by atoms with van der Waals surface area (Å²) in [5.41, 5.74) is 8.87. The van der Waals surface area contributed by atoms with Gasteiger partial charge in [-0.25, -0.2) is 8.42 Å². The van der Waals surface area contributed by atoms with Crippen LogP contribution in [0.25, 0.3) is 0 Å². The minimum absolute atomic E-state index is 0.166. The lowest BCUT2D eigenvalue weighted by molar-refractivity contribution is -0.109. The first-order chi connectivity index (χ1) is 14.0. The molecule has 4 fully saturated rings. The number of benzene rings is 2. The first-order valence-corrected chi connectivity index (χ1v) is 12.5. The number of hydrogen-bond acceptors (Lipinski definition) is 3. The molecule has 0 amide bonds. The fourth-order valence-electron chi connectivity index (χ4n) is 7.55. The van der Waals surface area contributed by atoms with Gasteiger partial charge in [-0.05, 0) is 103 Å². The molecule has 0 saturated heterocycles. The average molecular weight is 445 g/mol. The van der Waals surface area contributed by atoms with E-state index in [0.29, 0.717) is 27.2 Å².